The summed E-state index contributed by atoms with van der Waals surface area (Å²) >= 11 is 0. The van der Waals surface area contributed by atoms with Gasteiger partial charge in [0, 0.05) is 33.3 Å². The molecule has 0 saturated heterocycles. The van der Waals surface area contributed by atoms with Gasteiger partial charge in [0.05, 0.1) is 29.5 Å². The van der Waals surface area contributed by atoms with Crippen molar-refractivity contribution in [2.24, 2.45) is 0 Å². The van der Waals surface area contributed by atoms with Crippen molar-refractivity contribution in [3.05, 3.63) is 59.8 Å². The normalized spacial score (nSPS) is 23.9. The van der Waals surface area contributed by atoms with Crippen LogP contribution < -0.4 is 0 Å². The molecule has 2 aromatic carbocycles. The van der Waals surface area contributed by atoms with Crippen molar-refractivity contribution in [3.8, 4) is 5.88 Å². The second kappa shape index (κ2) is 7.09. The molecular weight excluding hydrogens is 402 g/mol. The fourth-order valence-electron chi connectivity index (χ4n) is 5.26. The third-order valence-electron chi connectivity index (χ3n) is 6.79. The molecule has 1 saturated carbocycles. The lowest BCUT2D eigenvalue weighted by atomic mass is 9.69. The number of nitrogens with zero attached hydrogens (tertiary/aromatic N) is 3. The molecule has 2 atom stereocenters. The lowest BCUT2D eigenvalue weighted by Gasteiger charge is -2.47. The van der Waals surface area contributed by atoms with E-state index in [1.165, 1.54) is 0 Å². The molecule has 3 N–H and O–H groups in total. The Kier molecular flexibility index (Phi) is 4.66. The maximum Gasteiger partial charge on any atom is 0.213 e. The van der Waals surface area contributed by atoms with Crippen LogP contribution in [-0.4, -0.2) is 41.9 Å². The zero-order chi connectivity index (χ0) is 22.9. The predicted molar refractivity (Wildman–Crippen MR) is 126 cm³/mol. The molecule has 6 nitrogen and oxygen atoms in total. The first-order valence-electron chi connectivity index (χ1n) is 11.3. The number of aliphatic hydroxyl groups excluding tert-OH is 2. The van der Waals surface area contributed by atoms with Crippen molar-refractivity contribution in [1.29, 1.82) is 0 Å². The van der Waals surface area contributed by atoms with Crippen molar-refractivity contribution in [3.63, 3.8) is 0 Å². The molecule has 0 spiro atoms. The Morgan fingerprint density at radius 3 is 1.84 bits per heavy atom. The molecule has 4 aromatic rings. The Bertz CT molecular complexity index is 1250. The van der Waals surface area contributed by atoms with E-state index in [2.05, 4.69) is 21.8 Å². The fraction of sp³-hybridized carbons (Fsp3) is 0.423. The smallest absolute Gasteiger partial charge is 0.213 e. The Morgan fingerprint density at radius 2 is 1.38 bits per heavy atom. The van der Waals surface area contributed by atoms with Crippen LogP contribution in [0.2, 0.25) is 0 Å². The highest BCUT2D eigenvalue weighted by molar-refractivity contribution is 6.08. The highest BCUT2D eigenvalue weighted by atomic mass is 16.3. The zero-order valence-electron chi connectivity index (χ0n) is 19.2. The number of fused-ring (bicyclic) bond motifs is 3. The van der Waals surface area contributed by atoms with Crippen molar-refractivity contribution in [2.75, 3.05) is 0 Å². The van der Waals surface area contributed by atoms with Crippen LogP contribution >= 0.6 is 0 Å². The standard InChI is InChI=1S/C26H31N3O3/c1-14(2)21-19(25(32)29(27-21)26(3,4)5)20-23(30)22(24(20)31)28-17-12-8-6-10-15(17)16-11-7-9-13-18(16)28/h6-14,20,22-24,30-32H,1-5H3. The molecule has 2 aromatic heterocycles. The van der Waals surface area contributed by atoms with E-state index in [0.717, 1.165) is 27.5 Å². The third kappa shape index (κ3) is 2.82. The van der Waals surface area contributed by atoms with E-state index >= 15 is 0 Å². The zero-order valence-corrected chi connectivity index (χ0v) is 19.2. The van der Waals surface area contributed by atoms with Gasteiger partial charge in [-0.15, -0.1) is 0 Å². The average molecular weight is 434 g/mol. The molecule has 1 aliphatic rings. The van der Waals surface area contributed by atoms with E-state index in [4.69, 9.17) is 0 Å². The highest BCUT2D eigenvalue weighted by Gasteiger charge is 2.54. The van der Waals surface area contributed by atoms with E-state index in [0.29, 0.717) is 5.56 Å². The number of aliphatic hydroxyl groups is 2. The summed E-state index contributed by atoms with van der Waals surface area (Å²) in [5, 5.41) is 40.8. The van der Waals surface area contributed by atoms with E-state index in [-0.39, 0.29) is 11.8 Å². The molecule has 1 aliphatic carbocycles. The number of hydrogen-bond acceptors (Lipinski definition) is 4. The first-order valence-corrected chi connectivity index (χ1v) is 11.3. The summed E-state index contributed by atoms with van der Waals surface area (Å²) in [6.45, 7) is 9.95. The van der Waals surface area contributed by atoms with Gasteiger partial charge >= 0.3 is 0 Å². The number of para-hydroxylation sites is 2. The van der Waals surface area contributed by atoms with Gasteiger partial charge in [-0.3, -0.25) is 0 Å². The molecule has 0 radical (unpaired) electrons. The molecule has 2 heterocycles. The monoisotopic (exact) mass is 433 g/mol. The quantitative estimate of drug-likeness (QED) is 0.440. The number of benzene rings is 2. The van der Waals surface area contributed by atoms with Crippen molar-refractivity contribution >= 4 is 21.8 Å². The molecule has 0 amide bonds. The molecular formula is C26H31N3O3. The van der Waals surface area contributed by atoms with Crippen LogP contribution in [0, 0.1) is 0 Å². The van der Waals surface area contributed by atoms with Gasteiger partial charge in [-0.25, -0.2) is 4.68 Å². The van der Waals surface area contributed by atoms with E-state index < -0.39 is 29.7 Å². The van der Waals surface area contributed by atoms with Crippen molar-refractivity contribution in [1.82, 2.24) is 14.3 Å². The molecule has 6 heteroatoms. The first-order chi connectivity index (χ1) is 15.1. The Labute approximate surface area is 187 Å². The molecule has 1 fully saturated rings. The second-order valence-corrected chi connectivity index (χ2v) is 10.3. The van der Waals surface area contributed by atoms with Crippen LogP contribution in [0.15, 0.2) is 48.5 Å². The summed E-state index contributed by atoms with van der Waals surface area (Å²) < 4.78 is 3.65. The summed E-state index contributed by atoms with van der Waals surface area (Å²) in [6, 6.07) is 15.6. The third-order valence-corrected chi connectivity index (χ3v) is 6.79. The Balaban J connectivity index is 1.64. The van der Waals surface area contributed by atoms with Crippen molar-refractivity contribution in [2.45, 2.75) is 70.2 Å². The number of aromatic hydroxyl groups is 1. The van der Waals surface area contributed by atoms with Gasteiger partial charge in [0.2, 0.25) is 5.88 Å². The van der Waals surface area contributed by atoms with Gasteiger partial charge in [0.15, 0.2) is 0 Å². The molecule has 0 bridgehead atoms. The van der Waals surface area contributed by atoms with Crippen LogP contribution in [0.3, 0.4) is 0 Å². The number of hydrogen-bond donors (Lipinski definition) is 3. The number of rotatable bonds is 3. The lowest BCUT2D eigenvalue weighted by molar-refractivity contribution is -0.104. The predicted octanol–water partition coefficient (Wildman–Crippen LogP) is 4.64. The maximum absolute atomic E-state index is 11.4. The van der Waals surface area contributed by atoms with Crippen LogP contribution in [0.4, 0.5) is 0 Å². The molecule has 2 unspecified atom stereocenters. The summed E-state index contributed by atoms with van der Waals surface area (Å²) in [6.07, 6.45) is -1.71. The van der Waals surface area contributed by atoms with Gasteiger partial charge in [-0.1, -0.05) is 50.2 Å². The van der Waals surface area contributed by atoms with Crippen LogP contribution in [-0.2, 0) is 5.54 Å². The highest BCUT2D eigenvalue weighted by Crippen LogP contribution is 2.52. The van der Waals surface area contributed by atoms with Gasteiger partial charge < -0.3 is 19.9 Å². The molecule has 5 rings (SSSR count). The van der Waals surface area contributed by atoms with Crippen molar-refractivity contribution < 1.29 is 15.3 Å². The summed E-state index contributed by atoms with van der Waals surface area (Å²) in [5.74, 6) is -0.524. The Morgan fingerprint density at radius 1 is 0.875 bits per heavy atom. The summed E-state index contributed by atoms with van der Waals surface area (Å²) in [5.41, 5.74) is 2.83. The average Bonchev–Trinajstić information content (AvgIpc) is 3.25. The topological polar surface area (TPSA) is 83.4 Å². The van der Waals surface area contributed by atoms with Gasteiger partial charge in [0.1, 0.15) is 0 Å². The van der Waals surface area contributed by atoms with Gasteiger partial charge in [-0.2, -0.15) is 5.10 Å². The lowest BCUT2D eigenvalue weighted by Crippen LogP contribution is -2.54. The maximum atomic E-state index is 11.4. The van der Waals surface area contributed by atoms with Crippen LogP contribution in [0.5, 0.6) is 5.88 Å². The molecule has 32 heavy (non-hydrogen) atoms. The van der Waals surface area contributed by atoms with E-state index in [1.807, 2.05) is 71.0 Å². The Hall–Kier alpha value is -2.83. The summed E-state index contributed by atoms with van der Waals surface area (Å²) in [4.78, 5) is 0. The number of aromatic nitrogens is 3. The first kappa shape index (κ1) is 21.0. The molecule has 0 aliphatic heterocycles. The van der Waals surface area contributed by atoms with E-state index in [1.54, 1.807) is 4.68 Å². The largest absolute Gasteiger partial charge is 0.493 e. The minimum atomic E-state index is -0.856. The second-order valence-electron chi connectivity index (χ2n) is 10.3. The van der Waals surface area contributed by atoms with Crippen LogP contribution in [0.25, 0.3) is 21.8 Å². The molecule has 168 valence electrons. The minimum Gasteiger partial charge on any atom is -0.493 e. The van der Waals surface area contributed by atoms with Gasteiger partial charge in [-0.05, 0) is 38.8 Å². The van der Waals surface area contributed by atoms with Gasteiger partial charge in [0.25, 0.3) is 0 Å². The minimum absolute atomic E-state index is 0.0324. The van der Waals surface area contributed by atoms with Crippen LogP contribution in [0.1, 0.15) is 63.8 Å². The van der Waals surface area contributed by atoms with E-state index in [9.17, 15) is 15.3 Å². The fourth-order valence-corrected chi connectivity index (χ4v) is 5.26. The SMILES string of the molecule is CC(C)c1nn(C(C)(C)C)c(O)c1C1C(O)C(n2c3ccccc3c3ccccc32)C1O. The summed E-state index contributed by atoms with van der Waals surface area (Å²) in [7, 11) is 0.